The lowest BCUT2D eigenvalue weighted by atomic mass is 10.2. The van der Waals surface area contributed by atoms with Gasteiger partial charge in [-0.3, -0.25) is 9.59 Å². The molecule has 0 radical (unpaired) electrons. The third kappa shape index (κ3) is 7.37. The highest BCUT2D eigenvalue weighted by atomic mass is 35.5. The fourth-order valence-electron chi connectivity index (χ4n) is 3.10. The molecular weight excluding hydrogens is 502 g/mol. The van der Waals surface area contributed by atoms with E-state index in [2.05, 4.69) is 27.4 Å². The van der Waals surface area contributed by atoms with Gasteiger partial charge in [0.15, 0.2) is 22.5 Å². The number of allylic oxidation sites excluding steroid dienone is 1. The van der Waals surface area contributed by atoms with Crippen molar-refractivity contribution < 1.29 is 19.1 Å². The van der Waals surface area contributed by atoms with Crippen LogP contribution in [0.5, 0.6) is 11.5 Å². The lowest BCUT2D eigenvalue weighted by Crippen LogP contribution is -2.23. The van der Waals surface area contributed by atoms with Gasteiger partial charge in [0.1, 0.15) is 0 Å². The number of carbonyl (C=O) groups is 2. The van der Waals surface area contributed by atoms with E-state index in [1.165, 1.54) is 17.8 Å². The van der Waals surface area contributed by atoms with Crippen molar-refractivity contribution >= 4 is 46.9 Å². The Morgan fingerprint density at radius 1 is 1.14 bits per heavy atom. The molecule has 1 aromatic heterocycles. The van der Waals surface area contributed by atoms with E-state index in [0.29, 0.717) is 39.7 Å². The first kappa shape index (κ1) is 26.8. The number of halogens is 1. The summed E-state index contributed by atoms with van der Waals surface area (Å²) in [5.41, 5.74) is 1.33. The van der Waals surface area contributed by atoms with Crippen LogP contribution in [0.3, 0.4) is 0 Å². The van der Waals surface area contributed by atoms with Crippen LogP contribution >= 0.6 is 23.4 Å². The van der Waals surface area contributed by atoms with Crippen molar-refractivity contribution in [1.29, 1.82) is 0 Å². The number of rotatable bonds is 12. The summed E-state index contributed by atoms with van der Waals surface area (Å²) in [5, 5.41) is 14.9. The van der Waals surface area contributed by atoms with Gasteiger partial charge in [0.2, 0.25) is 11.8 Å². The minimum atomic E-state index is -0.300. The Morgan fingerprint density at radius 2 is 1.92 bits per heavy atom. The van der Waals surface area contributed by atoms with Crippen LogP contribution in [0.4, 0.5) is 5.69 Å². The van der Waals surface area contributed by atoms with Gasteiger partial charge in [-0.15, -0.1) is 16.8 Å². The first-order valence-electron chi connectivity index (χ1n) is 10.8. The average Bonchev–Trinajstić information content (AvgIpc) is 3.27. The number of methoxy groups -OCH3 is 2. The van der Waals surface area contributed by atoms with Gasteiger partial charge in [0.25, 0.3) is 0 Å². The number of hydrogen-bond donors (Lipinski definition) is 2. The molecule has 2 N–H and O–H groups in total. The van der Waals surface area contributed by atoms with Crippen LogP contribution < -0.4 is 20.1 Å². The standard InChI is InChI=1S/C25H26ClN5O4S/c1-4-13-31-22(15-27-23(32)12-10-17-9-11-20(34-2)21(14-17)35-3)29-30-25(31)36-16-24(33)28-19-8-6-5-7-18(19)26/h4-12,14H,1,13,15-16H2,2-3H3,(H,27,32)(H,28,33)/b12-10+. The van der Waals surface area contributed by atoms with Crippen LogP contribution in [0.1, 0.15) is 11.4 Å². The van der Waals surface area contributed by atoms with Crippen LogP contribution in [0.2, 0.25) is 5.02 Å². The number of ether oxygens (including phenoxy) is 2. The van der Waals surface area contributed by atoms with Gasteiger partial charge in [-0.2, -0.15) is 0 Å². The molecule has 11 heteroatoms. The van der Waals surface area contributed by atoms with Gasteiger partial charge in [-0.25, -0.2) is 0 Å². The smallest absolute Gasteiger partial charge is 0.244 e. The van der Waals surface area contributed by atoms with Crippen LogP contribution in [0.15, 0.2) is 66.4 Å². The van der Waals surface area contributed by atoms with Crippen molar-refractivity contribution in [3.63, 3.8) is 0 Å². The van der Waals surface area contributed by atoms with E-state index in [0.717, 1.165) is 5.56 Å². The molecule has 9 nitrogen and oxygen atoms in total. The molecule has 0 spiro atoms. The van der Waals surface area contributed by atoms with Crippen LogP contribution in [-0.2, 0) is 22.7 Å². The summed E-state index contributed by atoms with van der Waals surface area (Å²) in [6.45, 7) is 4.35. The number of anilines is 1. The number of para-hydroxylation sites is 1. The molecule has 0 aliphatic heterocycles. The van der Waals surface area contributed by atoms with E-state index in [9.17, 15) is 9.59 Å². The van der Waals surface area contributed by atoms with Crippen molar-refractivity contribution in [3.05, 3.63) is 77.6 Å². The quantitative estimate of drug-likeness (QED) is 0.206. The van der Waals surface area contributed by atoms with Crippen molar-refractivity contribution in [3.8, 4) is 11.5 Å². The number of nitrogens with zero attached hydrogens (tertiary/aromatic N) is 3. The van der Waals surface area contributed by atoms with Crippen molar-refractivity contribution in [2.24, 2.45) is 0 Å². The summed E-state index contributed by atoms with van der Waals surface area (Å²) >= 11 is 7.32. The SMILES string of the molecule is C=CCn1c(CNC(=O)/C=C/c2ccc(OC)c(OC)c2)nnc1SCC(=O)Nc1ccccc1Cl. The summed E-state index contributed by atoms with van der Waals surface area (Å²) in [6.07, 6.45) is 4.79. The summed E-state index contributed by atoms with van der Waals surface area (Å²) in [7, 11) is 3.11. The number of amides is 2. The predicted molar refractivity (Wildman–Crippen MR) is 141 cm³/mol. The molecule has 0 aliphatic rings. The molecule has 3 aromatic rings. The highest BCUT2D eigenvalue weighted by molar-refractivity contribution is 7.99. The van der Waals surface area contributed by atoms with Gasteiger partial charge >= 0.3 is 0 Å². The molecule has 188 valence electrons. The summed E-state index contributed by atoms with van der Waals surface area (Å²) < 4.78 is 12.3. The molecule has 2 amide bonds. The maximum atomic E-state index is 12.4. The molecule has 0 atom stereocenters. The number of thioether (sulfide) groups is 1. The first-order valence-corrected chi connectivity index (χ1v) is 12.2. The van der Waals surface area contributed by atoms with Crippen molar-refractivity contribution in [1.82, 2.24) is 20.1 Å². The Morgan fingerprint density at radius 3 is 2.64 bits per heavy atom. The highest BCUT2D eigenvalue weighted by Crippen LogP contribution is 2.28. The van der Waals surface area contributed by atoms with Gasteiger partial charge in [0, 0.05) is 12.6 Å². The number of benzene rings is 2. The summed E-state index contributed by atoms with van der Waals surface area (Å²) in [5.74, 6) is 1.30. The molecule has 0 saturated heterocycles. The number of nitrogens with one attached hydrogen (secondary N) is 2. The van der Waals surface area contributed by atoms with Gasteiger partial charge in [0.05, 0.1) is 37.2 Å². The third-order valence-corrected chi connectivity index (χ3v) is 6.14. The zero-order chi connectivity index (χ0) is 25.9. The molecule has 3 rings (SSSR count). The molecule has 2 aromatic carbocycles. The zero-order valence-corrected chi connectivity index (χ0v) is 21.4. The van der Waals surface area contributed by atoms with E-state index in [4.69, 9.17) is 21.1 Å². The summed E-state index contributed by atoms with van der Waals surface area (Å²) in [6, 6.07) is 12.4. The van der Waals surface area contributed by atoms with Gasteiger partial charge in [-0.05, 0) is 35.9 Å². The second kappa shape index (κ2) is 13.4. The lowest BCUT2D eigenvalue weighted by Gasteiger charge is -2.09. The van der Waals surface area contributed by atoms with Gasteiger partial charge < -0.3 is 24.7 Å². The molecule has 0 fully saturated rings. The number of carbonyl (C=O) groups excluding carboxylic acids is 2. The molecule has 0 unspecified atom stereocenters. The Labute approximate surface area is 218 Å². The second-order valence-corrected chi connectivity index (χ2v) is 8.63. The maximum Gasteiger partial charge on any atom is 0.244 e. The first-order chi connectivity index (χ1) is 17.4. The maximum absolute atomic E-state index is 12.4. The largest absolute Gasteiger partial charge is 0.493 e. The highest BCUT2D eigenvalue weighted by Gasteiger charge is 2.14. The molecule has 0 saturated carbocycles. The Kier molecular flexibility index (Phi) is 9.96. The fraction of sp³-hybridized carbons (Fsp3) is 0.200. The molecule has 36 heavy (non-hydrogen) atoms. The van der Waals surface area contributed by atoms with Crippen molar-refractivity contribution in [2.75, 3.05) is 25.3 Å². The van der Waals surface area contributed by atoms with E-state index in [-0.39, 0.29) is 24.1 Å². The van der Waals surface area contributed by atoms with Crippen LogP contribution in [-0.4, -0.2) is 46.6 Å². The van der Waals surface area contributed by atoms with Crippen molar-refractivity contribution in [2.45, 2.75) is 18.2 Å². The van der Waals surface area contributed by atoms with E-state index < -0.39 is 0 Å². The molecule has 0 aliphatic carbocycles. The predicted octanol–water partition coefficient (Wildman–Crippen LogP) is 4.20. The molecule has 1 heterocycles. The van der Waals surface area contributed by atoms with Crippen LogP contribution in [0.25, 0.3) is 6.08 Å². The number of aromatic nitrogens is 3. The zero-order valence-electron chi connectivity index (χ0n) is 19.9. The minimum absolute atomic E-state index is 0.112. The Balaban J connectivity index is 1.58. The normalized spacial score (nSPS) is 10.8. The topological polar surface area (TPSA) is 107 Å². The molecule has 0 bridgehead atoms. The summed E-state index contributed by atoms with van der Waals surface area (Å²) in [4.78, 5) is 24.7. The Hall–Kier alpha value is -3.76. The average molecular weight is 528 g/mol. The van der Waals surface area contributed by atoms with Gasteiger partial charge in [-0.1, -0.05) is 47.6 Å². The van der Waals surface area contributed by atoms with Crippen LogP contribution in [0, 0.1) is 0 Å². The van der Waals surface area contributed by atoms with E-state index in [1.54, 1.807) is 67.3 Å². The monoisotopic (exact) mass is 527 g/mol. The lowest BCUT2D eigenvalue weighted by molar-refractivity contribution is -0.116. The minimum Gasteiger partial charge on any atom is -0.493 e. The van der Waals surface area contributed by atoms with E-state index in [1.807, 2.05) is 6.07 Å². The fourth-order valence-corrected chi connectivity index (χ4v) is 4.05. The van der Waals surface area contributed by atoms with E-state index >= 15 is 0 Å². The second-order valence-electron chi connectivity index (χ2n) is 7.28. The Bertz CT molecular complexity index is 1260. The third-order valence-electron chi connectivity index (χ3n) is 4.84. The molecular formula is C25H26ClN5O4S. The number of hydrogen-bond acceptors (Lipinski definition) is 7.